The number of benzene rings is 1. The molecule has 0 fully saturated rings. The minimum atomic E-state index is 0.479. The van der Waals surface area contributed by atoms with E-state index in [1.807, 2.05) is 0 Å². The van der Waals surface area contributed by atoms with Crippen LogP contribution >= 0.6 is 0 Å². The summed E-state index contributed by atoms with van der Waals surface area (Å²) in [5.41, 5.74) is 2.69. The fourth-order valence-electron chi connectivity index (χ4n) is 3.02. The zero-order chi connectivity index (χ0) is 15.6. The molecule has 0 saturated heterocycles. The van der Waals surface area contributed by atoms with Gasteiger partial charge in [-0.15, -0.1) is 0 Å². The third-order valence-electron chi connectivity index (χ3n) is 4.45. The van der Waals surface area contributed by atoms with E-state index in [0.29, 0.717) is 6.04 Å². The first-order valence-electron chi connectivity index (χ1n) is 9.20. The van der Waals surface area contributed by atoms with E-state index in [1.165, 1.54) is 68.9 Å². The van der Waals surface area contributed by atoms with E-state index in [0.717, 1.165) is 12.4 Å². The Morgan fingerprint density at radius 1 is 0.955 bits per heavy atom. The third-order valence-corrected chi connectivity index (χ3v) is 4.45. The number of aliphatic imine (C=N–C) groups is 1. The smallest absolute Gasteiger partial charge is 0.128 e. The van der Waals surface area contributed by atoms with Crippen LogP contribution in [0.2, 0.25) is 0 Å². The molecule has 1 aromatic rings. The lowest BCUT2D eigenvalue weighted by Crippen LogP contribution is -2.27. The molecule has 0 aliphatic carbocycles. The molecule has 0 aromatic heterocycles. The van der Waals surface area contributed by atoms with Crippen LogP contribution in [0.1, 0.15) is 76.3 Å². The summed E-state index contributed by atoms with van der Waals surface area (Å²) >= 11 is 0. The van der Waals surface area contributed by atoms with E-state index < -0.39 is 0 Å². The molecule has 1 aliphatic heterocycles. The number of hydrogen-bond acceptors (Lipinski definition) is 2. The van der Waals surface area contributed by atoms with Crippen LogP contribution in [-0.2, 0) is 6.42 Å². The Hall–Kier alpha value is -1.31. The molecule has 1 heterocycles. The van der Waals surface area contributed by atoms with Crippen LogP contribution in [0.15, 0.2) is 29.3 Å². The Morgan fingerprint density at radius 3 is 2.18 bits per heavy atom. The van der Waals surface area contributed by atoms with Gasteiger partial charge in [0.15, 0.2) is 0 Å². The van der Waals surface area contributed by atoms with Gasteiger partial charge in [-0.05, 0) is 25.3 Å². The number of aryl methyl sites for hydroxylation is 1. The molecular weight excluding hydrogens is 268 g/mol. The maximum atomic E-state index is 4.54. The minimum Gasteiger partial charge on any atom is -0.366 e. The number of unbranched alkanes of at least 4 members (excludes halogenated alkanes) is 7. The molecule has 22 heavy (non-hydrogen) atoms. The number of hydrogen-bond donors (Lipinski definition) is 1. The van der Waals surface area contributed by atoms with Crippen molar-refractivity contribution in [1.82, 2.24) is 5.32 Å². The highest BCUT2D eigenvalue weighted by Gasteiger charge is 2.13. The van der Waals surface area contributed by atoms with Crippen LogP contribution < -0.4 is 5.32 Å². The van der Waals surface area contributed by atoms with Crippen molar-refractivity contribution in [3.63, 3.8) is 0 Å². The van der Waals surface area contributed by atoms with Gasteiger partial charge in [-0.3, -0.25) is 4.99 Å². The van der Waals surface area contributed by atoms with Crippen LogP contribution in [0.4, 0.5) is 0 Å². The maximum absolute atomic E-state index is 4.54. The summed E-state index contributed by atoms with van der Waals surface area (Å²) in [6.45, 7) is 5.35. The Morgan fingerprint density at radius 2 is 1.59 bits per heavy atom. The van der Waals surface area contributed by atoms with Crippen LogP contribution in [0.3, 0.4) is 0 Å². The monoisotopic (exact) mass is 300 g/mol. The third kappa shape index (κ3) is 5.82. The normalized spacial score (nSPS) is 17.4. The molecule has 2 nitrogen and oxygen atoms in total. The Bertz CT molecular complexity index is 447. The summed E-state index contributed by atoms with van der Waals surface area (Å²) in [7, 11) is 0. The SMILES string of the molecule is CCCCCCCCCCc1ccc(C2=NCC(C)N2)cc1. The molecule has 1 N–H and O–H groups in total. The van der Waals surface area contributed by atoms with Gasteiger partial charge in [-0.2, -0.15) is 0 Å². The quantitative estimate of drug-likeness (QED) is 0.597. The van der Waals surface area contributed by atoms with Crippen molar-refractivity contribution in [2.24, 2.45) is 4.99 Å². The van der Waals surface area contributed by atoms with Gasteiger partial charge < -0.3 is 5.32 Å². The molecule has 1 aromatic carbocycles. The Labute approximate surface area is 136 Å². The highest BCUT2D eigenvalue weighted by molar-refractivity contribution is 6.00. The van der Waals surface area contributed by atoms with E-state index in [4.69, 9.17) is 0 Å². The van der Waals surface area contributed by atoms with Gasteiger partial charge in [0.2, 0.25) is 0 Å². The fourth-order valence-corrected chi connectivity index (χ4v) is 3.02. The van der Waals surface area contributed by atoms with E-state index in [-0.39, 0.29) is 0 Å². The van der Waals surface area contributed by atoms with E-state index in [2.05, 4.69) is 48.4 Å². The van der Waals surface area contributed by atoms with Crippen LogP contribution in [-0.4, -0.2) is 18.4 Å². The molecule has 0 bridgehead atoms. The summed E-state index contributed by atoms with van der Waals surface area (Å²) in [6.07, 6.45) is 12.3. The van der Waals surface area contributed by atoms with E-state index in [9.17, 15) is 0 Å². The molecule has 2 rings (SSSR count). The van der Waals surface area contributed by atoms with Gasteiger partial charge in [0.05, 0.1) is 6.54 Å². The first kappa shape index (κ1) is 17.1. The van der Waals surface area contributed by atoms with Crippen LogP contribution in [0, 0.1) is 0 Å². The van der Waals surface area contributed by atoms with Crippen molar-refractivity contribution in [3.05, 3.63) is 35.4 Å². The van der Waals surface area contributed by atoms with Gasteiger partial charge in [-0.1, -0.05) is 76.1 Å². The number of rotatable bonds is 10. The average molecular weight is 300 g/mol. The van der Waals surface area contributed by atoms with Crippen molar-refractivity contribution in [2.45, 2.75) is 77.7 Å². The first-order chi connectivity index (χ1) is 10.8. The Balaban J connectivity index is 1.61. The molecule has 122 valence electrons. The zero-order valence-corrected chi connectivity index (χ0v) is 14.4. The van der Waals surface area contributed by atoms with Crippen molar-refractivity contribution in [1.29, 1.82) is 0 Å². The highest BCUT2D eigenvalue weighted by atomic mass is 15.1. The van der Waals surface area contributed by atoms with Gasteiger partial charge >= 0.3 is 0 Å². The van der Waals surface area contributed by atoms with E-state index >= 15 is 0 Å². The number of nitrogens with one attached hydrogen (secondary N) is 1. The molecule has 1 unspecified atom stereocenters. The average Bonchev–Trinajstić information content (AvgIpc) is 2.97. The summed E-state index contributed by atoms with van der Waals surface area (Å²) < 4.78 is 0. The maximum Gasteiger partial charge on any atom is 0.128 e. The summed E-state index contributed by atoms with van der Waals surface area (Å²) in [4.78, 5) is 4.54. The molecule has 2 heteroatoms. The number of nitrogens with zero attached hydrogens (tertiary/aromatic N) is 1. The lowest BCUT2D eigenvalue weighted by molar-refractivity contribution is 0.575. The first-order valence-corrected chi connectivity index (χ1v) is 9.20. The molecule has 0 spiro atoms. The molecule has 0 amide bonds. The van der Waals surface area contributed by atoms with Gasteiger partial charge in [0, 0.05) is 11.6 Å². The highest BCUT2D eigenvalue weighted by Crippen LogP contribution is 2.13. The summed E-state index contributed by atoms with van der Waals surface area (Å²) in [5.74, 6) is 1.06. The van der Waals surface area contributed by atoms with Gasteiger partial charge in [-0.25, -0.2) is 0 Å². The minimum absolute atomic E-state index is 0.479. The molecule has 1 aliphatic rings. The molecular formula is C20H32N2. The van der Waals surface area contributed by atoms with Crippen molar-refractivity contribution in [3.8, 4) is 0 Å². The van der Waals surface area contributed by atoms with Gasteiger partial charge in [0.25, 0.3) is 0 Å². The topological polar surface area (TPSA) is 24.4 Å². The van der Waals surface area contributed by atoms with Crippen molar-refractivity contribution in [2.75, 3.05) is 6.54 Å². The Kier molecular flexibility index (Phi) is 7.48. The fraction of sp³-hybridized carbons (Fsp3) is 0.650. The van der Waals surface area contributed by atoms with Crippen molar-refractivity contribution >= 4 is 5.84 Å². The predicted octanol–water partition coefficient (Wildman–Crippen LogP) is 5.11. The largest absolute Gasteiger partial charge is 0.366 e. The van der Waals surface area contributed by atoms with Crippen molar-refractivity contribution < 1.29 is 0 Å². The second kappa shape index (κ2) is 9.66. The van der Waals surface area contributed by atoms with Crippen LogP contribution in [0.5, 0.6) is 0 Å². The zero-order valence-electron chi connectivity index (χ0n) is 14.4. The molecule has 1 atom stereocenters. The second-order valence-corrected chi connectivity index (χ2v) is 6.66. The summed E-state index contributed by atoms with van der Waals surface area (Å²) in [6, 6.07) is 9.44. The lowest BCUT2D eigenvalue weighted by atomic mass is 10.0. The number of amidine groups is 1. The molecule has 0 radical (unpaired) electrons. The van der Waals surface area contributed by atoms with Gasteiger partial charge in [0.1, 0.15) is 5.84 Å². The summed E-state index contributed by atoms with van der Waals surface area (Å²) in [5, 5.41) is 3.42. The lowest BCUT2D eigenvalue weighted by Gasteiger charge is -2.07. The van der Waals surface area contributed by atoms with Crippen LogP contribution in [0.25, 0.3) is 0 Å². The van der Waals surface area contributed by atoms with E-state index in [1.54, 1.807) is 0 Å². The molecule has 0 saturated carbocycles. The second-order valence-electron chi connectivity index (χ2n) is 6.66. The predicted molar refractivity (Wildman–Crippen MR) is 96.8 cm³/mol. The standard InChI is InChI=1S/C20H32N2/c1-3-4-5-6-7-8-9-10-11-18-12-14-19(15-13-18)20-21-16-17(2)22-20/h12-15,17H,3-11,16H2,1-2H3,(H,21,22).